The third-order valence-electron chi connectivity index (χ3n) is 3.59. The molecule has 0 saturated carbocycles. The lowest BCUT2D eigenvalue weighted by Crippen LogP contribution is -2.34. The molecule has 1 unspecified atom stereocenters. The van der Waals surface area contributed by atoms with E-state index >= 15 is 0 Å². The molecule has 2 N–H and O–H groups in total. The van der Waals surface area contributed by atoms with Crippen molar-refractivity contribution in [2.75, 3.05) is 19.7 Å². The van der Waals surface area contributed by atoms with Crippen molar-refractivity contribution in [2.24, 2.45) is 5.73 Å². The number of halogens is 1. The van der Waals surface area contributed by atoms with Crippen LogP contribution in [0.4, 0.5) is 0 Å². The van der Waals surface area contributed by atoms with Crippen molar-refractivity contribution in [2.45, 2.75) is 12.6 Å². The Morgan fingerprint density at radius 2 is 2.15 bits per heavy atom. The molecular formula is C15H17BrN2O2. The highest BCUT2D eigenvalue weighted by Crippen LogP contribution is 2.32. The topological polar surface area (TPSA) is 51.6 Å². The Bertz CT molecular complexity index is 585. The van der Waals surface area contributed by atoms with E-state index in [-0.39, 0.29) is 6.04 Å². The summed E-state index contributed by atoms with van der Waals surface area (Å²) in [4.78, 5) is 2.30. The molecule has 0 amide bonds. The molecule has 20 heavy (non-hydrogen) atoms. The van der Waals surface area contributed by atoms with E-state index in [0.717, 1.165) is 29.1 Å². The number of para-hydroxylation sites is 1. The Balaban J connectivity index is 1.88. The van der Waals surface area contributed by atoms with Crippen LogP contribution in [0.1, 0.15) is 17.4 Å². The number of hydrogen-bond donors (Lipinski definition) is 1. The molecule has 0 radical (unpaired) electrons. The van der Waals surface area contributed by atoms with E-state index in [2.05, 4.69) is 26.9 Å². The van der Waals surface area contributed by atoms with Gasteiger partial charge in [-0.25, -0.2) is 0 Å². The highest BCUT2D eigenvalue weighted by Gasteiger charge is 2.26. The van der Waals surface area contributed by atoms with Crippen molar-refractivity contribution in [1.29, 1.82) is 0 Å². The summed E-state index contributed by atoms with van der Waals surface area (Å²) >= 11 is 3.52. The van der Waals surface area contributed by atoms with Gasteiger partial charge in [-0.3, -0.25) is 4.90 Å². The number of hydrogen-bond acceptors (Lipinski definition) is 4. The van der Waals surface area contributed by atoms with E-state index in [1.54, 1.807) is 6.26 Å². The Morgan fingerprint density at radius 1 is 1.30 bits per heavy atom. The SMILES string of the molecule is NCC(c1occc1Br)N1CCOc2ccccc2C1. The monoisotopic (exact) mass is 336 g/mol. The van der Waals surface area contributed by atoms with Gasteiger partial charge in [0.15, 0.2) is 0 Å². The zero-order chi connectivity index (χ0) is 13.9. The first-order chi connectivity index (χ1) is 9.79. The summed E-state index contributed by atoms with van der Waals surface area (Å²) in [5.74, 6) is 1.84. The summed E-state index contributed by atoms with van der Waals surface area (Å²) in [7, 11) is 0. The van der Waals surface area contributed by atoms with Crippen molar-refractivity contribution in [3.05, 3.63) is 52.4 Å². The van der Waals surface area contributed by atoms with Crippen molar-refractivity contribution in [1.82, 2.24) is 4.90 Å². The van der Waals surface area contributed by atoms with Crippen LogP contribution in [0, 0.1) is 0 Å². The lowest BCUT2D eigenvalue weighted by Gasteiger charge is -2.27. The van der Waals surface area contributed by atoms with Crippen LogP contribution in [0.5, 0.6) is 5.75 Å². The fourth-order valence-corrected chi connectivity index (χ4v) is 3.04. The molecular weight excluding hydrogens is 320 g/mol. The van der Waals surface area contributed by atoms with Crippen LogP contribution in [0.25, 0.3) is 0 Å². The van der Waals surface area contributed by atoms with Gasteiger partial charge in [-0.1, -0.05) is 18.2 Å². The van der Waals surface area contributed by atoms with Crippen LogP contribution in [-0.2, 0) is 6.54 Å². The second kappa shape index (κ2) is 5.99. The number of nitrogens with two attached hydrogens (primary N) is 1. The van der Waals surface area contributed by atoms with Gasteiger partial charge in [-0.05, 0) is 28.1 Å². The normalized spacial score (nSPS) is 17.1. The molecule has 2 heterocycles. The van der Waals surface area contributed by atoms with Gasteiger partial charge in [0.05, 0.1) is 16.8 Å². The first-order valence-corrected chi connectivity index (χ1v) is 7.46. The number of benzene rings is 1. The minimum Gasteiger partial charge on any atom is -0.492 e. The maximum Gasteiger partial charge on any atom is 0.136 e. The molecule has 4 nitrogen and oxygen atoms in total. The van der Waals surface area contributed by atoms with Gasteiger partial charge in [0.2, 0.25) is 0 Å². The Hall–Kier alpha value is -1.30. The molecule has 1 aliphatic rings. The molecule has 1 aromatic heterocycles. The lowest BCUT2D eigenvalue weighted by atomic mass is 10.1. The Kier molecular flexibility index (Phi) is 4.10. The van der Waals surface area contributed by atoms with Gasteiger partial charge in [0.1, 0.15) is 18.1 Å². The number of ether oxygens (including phenoxy) is 1. The molecule has 3 rings (SSSR count). The van der Waals surface area contributed by atoms with Gasteiger partial charge in [0.25, 0.3) is 0 Å². The maximum absolute atomic E-state index is 5.97. The van der Waals surface area contributed by atoms with Crippen molar-refractivity contribution >= 4 is 15.9 Å². The summed E-state index contributed by atoms with van der Waals surface area (Å²) in [5.41, 5.74) is 7.16. The highest BCUT2D eigenvalue weighted by molar-refractivity contribution is 9.10. The molecule has 5 heteroatoms. The number of rotatable bonds is 3. The van der Waals surface area contributed by atoms with Crippen molar-refractivity contribution in [3.8, 4) is 5.75 Å². The van der Waals surface area contributed by atoms with Crippen LogP contribution in [0.2, 0.25) is 0 Å². The molecule has 1 aliphatic heterocycles. The quantitative estimate of drug-likeness (QED) is 0.936. The average molecular weight is 337 g/mol. The molecule has 0 aliphatic carbocycles. The fourth-order valence-electron chi connectivity index (χ4n) is 2.58. The van der Waals surface area contributed by atoms with Crippen LogP contribution in [0.15, 0.2) is 45.5 Å². The van der Waals surface area contributed by atoms with Crippen molar-refractivity contribution in [3.63, 3.8) is 0 Å². The summed E-state index contributed by atoms with van der Waals surface area (Å²) in [5, 5.41) is 0. The first-order valence-electron chi connectivity index (χ1n) is 6.67. The molecule has 0 bridgehead atoms. The minimum atomic E-state index is 0.0501. The molecule has 1 atom stereocenters. The van der Waals surface area contributed by atoms with E-state index in [1.165, 1.54) is 5.56 Å². The highest BCUT2D eigenvalue weighted by atomic mass is 79.9. The minimum absolute atomic E-state index is 0.0501. The van der Waals surface area contributed by atoms with Gasteiger partial charge < -0.3 is 14.9 Å². The number of furan rings is 1. The predicted molar refractivity (Wildman–Crippen MR) is 80.6 cm³/mol. The Labute approximate surface area is 126 Å². The van der Waals surface area contributed by atoms with Gasteiger partial charge in [-0.15, -0.1) is 0 Å². The lowest BCUT2D eigenvalue weighted by molar-refractivity contribution is 0.155. The molecule has 106 valence electrons. The van der Waals surface area contributed by atoms with Gasteiger partial charge in [0, 0.05) is 25.2 Å². The predicted octanol–water partition coefficient (Wildman–Crippen LogP) is 2.94. The Morgan fingerprint density at radius 3 is 2.90 bits per heavy atom. The van der Waals surface area contributed by atoms with Crippen LogP contribution in [0.3, 0.4) is 0 Å². The third-order valence-corrected chi connectivity index (χ3v) is 4.25. The smallest absolute Gasteiger partial charge is 0.136 e. The van der Waals surface area contributed by atoms with E-state index in [4.69, 9.17) is 14.9 Å². The summed E-state index contributed by atoms with van der Waals surface area (Å²) in [6.45, 7) is 2.80. The van der Waals surface area contributed by atoms with E-state index in [9.17, 15) is 0 Å². The van der Waals surface area contributed by atoms with Crippen molar-refractivity contribution < 1.29 is 9.15 Å². The second-order valence-corrected chi connectivity index (χ2v) is 5.67. The fraction of sp³-hybridized carbons (Fsp3) is 0.333. The molecule has 0 fully saturated rings. The average Bonchev–Trinajstić information content (AvgIpc) is 2.76. The molecule has 2 aromatic rings. The van der Waals surface area contributed by atoms with Crippen LogP contribution < -0.4 is 10.5 Å². The third kappa shape index (κ3) is 2.61. The number of fused-ring (bicyclic) bond motifs is 1. The molecule has 0 spiro atoms. The van der Waals surface area contributed by atoms with Crippen LogP contribution >= 0.6 is 15.9 Å². The van der Waals surface area contributed by atoms with E-state index < -0.39 is 0 Å². The van der Waals surface area contributed by atoms with E-state index in [1.807, 2.05) is 24.3 Å². The standard InChI is InChI=1S/C15H17BrN2O2/c16-12-5-7-20-15(12)13(9-17)18-6-8-19-14-4-2-1-3-11(14)10-18/h1-5,7,13H,6,8-10,17H2. The first kappa shape index (κ1) is 13.7. The zero-order valence-corrected chi connectivity index (χ0v) is 12.7. The second-order valence-electron chi connectivity index (χ2n) is 4.81. The summed E-state index contributed by atoms with van der Waals surface area (Å²) in [6.07, 6.45) is 1.68. The van der Waals surface area contributed by atoms with Crippen LogP contribution in [-0.4, -0.2) is 24.6 Å². The van der Waals surface area contributed by atoms with E-state index in [0.29, 0.717) is 13.2 Å². The molecule has 1 aromatic carbocycles. The number of nitrogens with zero attached hydrogens (tertiary/aromatic N) is 1. The summed E-state index contributed by atoms with van der Waals surface area (Å²) < 4.78 is 12.4. The largest absolute Gasteiger partial charge is 0.492 e. The van der Waals surface area contributed by atoms with Gasteiger partial charge in [-0.2, -0.15) is 0 Å². The molecule has 0 saturated heterocycles. The zero-order valence-electron chi connectivity index (χ0n) is 11.1. The maximum atomic E-state index is 5.97. The summed E-state index contributed by atoms with van der Waals surface area (Å²) in [6, 6.07) is 10.1. The van der Waals surface area contributed by atoms with Gasteiger partial charge >= 0.3 is 0 Å².